The lowest BCUT2D eigenvalue weighted by atomic mass is 9.90. The minimum absolute atomic E-state index is 0.00557. The highest BCUT2D eigenvalue weighted by atomic mass is 16.7. The fraction of sp³-hybridized carbons (Fsp3) is 0.381. The Morgan fingerprint density at radius 3 is 2.00 bits per heavy atom. The van der Waals surface area contributed by atoms with E-state index in [1.165, 1.54) is 12.7 Å². The molecule has 3 N–H and O–H groups in total. The lowest BCUT2D eigenvalue weighted by Gasteiger charge is -2.44. The van der Waals surface area contributed by atoms with Crippen LogP contribution in [0.3, 0.4) is 0 Å². The quantitative estimate of drug-likeness (QED) is 0.159. The number of esters is 1. The molecule has 0 saturated carbocycles. The Balaban J connectivity index is 1.08. The Bertz CT molecular complexity index is 1700. The lowest BCUT2D eigenvalue weighted by Crippen LogP contribution is -2.51. The fourth-order valence-corrected chi connectivity index (χ4v) is 6.92. The van der Waals surface area contributed by atoms with Crippen molar-refractivity contribution in [2.24, 2.45) is 5.92 Å². The molecule has 4 aromatic rings. The van der Waals surface area contributed by atoms with E-state index in [9.17, 15) is 14.7 Å². The highest BCUT2D eigenvalue weighted by Crippen LogP contribution is 2.42. The third-order valence-electron chi connectivity index (χ3n) is 10.1. The summed E-state index contributed by atoms with van der Waals surface area (Å²) in [6, 6.07) is 34.7. The van der Waals surface area contributed by atoms with Gasteiger partial charge in [-0.2, -0.15) is 0 Å². The molecule has 0 aromatic heterocycles. The van der Waals surface area contributed by atoms with E-state index in [4.69, 9.17) is 14.2 Å². The predicted octanol–water partition coefficient (Wildman–Crippen LogP) is 5.37. The van der Waals surface area contributed by atoms with Crippen LogP contribution in [0.1, 0.15) is 52.7 Å². The largest absolute Gasteiger partial charge is 0.467 e. The van der Waals surface area contributed by atoms with Gasteiger partial charge in [-0.1, -0.05) is 116 Å². The van der Waals surface area contributed by atoms with Crippen molar-refractivity contribution in [3.63, 3.8) is 0 Å². The Morgan fingerprint density at radius 1 is 0.769 bits per heavy atom. The van der Waals surface area contributed by atoms with Crippen LogP contribution in [-0.4, -0.2) is 78.9 Å². The Hall–Kier alpha value is -4.58. The molecule has 10 heteroatoms. The van der Waals surface area contributed by atoms with Gasteiger partial charge in [0.1, 0.15) is 6.04 Å². The number of urea groups is 1. The van der Waals surface area contributed by atoms with Crippen molar-refractivity contribution >= 4 is 12.0 Å². The highest BCUT2D eigenvalue weighted by molar-refractivity contribution is 5.83. The Kier molecular flexibility index (Phi) is 13.1. The van der Waals surface area contributed by atoms with Crippen molar-refractivity contribution in [2.75, 3.05) is 39.8 Å². The van der Waals surface area contributed by atoms with E-state index >= 15 is 0 Å². The summed E-state index contributed by atoms with van der Waals surface area (Å²) in [5.41, 5.74) is 5.96. The number of rotatable bonds is 13. The number of carbonyl (C=O) groups excluding carboxylic acids is 2. The third kappa shape index (κ3) is 10.1. The number of hydrogen-bond acceptors (Lipinski definition) is 8. The summed E-state index contributed by atoms with van der Waals surface area (Å²) >= 11 is 0. The summed E-state index contributed by atoms with van der Waals surface area (Å²) < 4.78 is 18.3. The number of piperazine rings is 1. The average Bonchev–Trinajstić information content (AvgIpc) is 3.19. The second-order valence-corrected chi connectivity index (χ2v) is 13.7. The molecule has 0 bridgehead atoms. The van der Waals surface area contributed by atoms with Crippen molar-refractivity contribution in [1.29, 1.82) is 0 Å². The third-order valence-corrected chi connectivity index (χ3v) is 10.1. The second kappa shape index (κ2) is 18.3. The lowest BCUT2D eigenvalue weighted by molar-refractivity contribution is -0.276. The smallest absolute Gasteiger partial charge is 0.328 e. The van der Waals surface area contributed by atoms with E-state index in [2.05, 4.69) is 57.7 Å². The van der Waals surface area contributed by atoms with Crippen LogP contribution in [0.4, 0.5) is 4.79 Å². The summed E-state index contributed by atoms with van der Waals surface area (Å²) in [6.45, 7) is 8.19. The molecule has 0 spiro atoms. The summed E-state index contributed by atoms with van der Waals surface area (Å²) in [6.07, 6.45) is -0.509. The number of methoxy groups -OCH3 is 1. The van der Waals surface area contributed by atoms with E-state index in [1.807, 2.05) is 78.9 Å². The number of amides is 2. The van der Waals surface area contributed by atoms with Gasteiger partial charge < -0.3 is 30.0 Å². The van der Waals surface area contributed by atoms with Crippen molar-refractivity contribution in [1.82, 2.24) is 20.4 Å². The molecular weight excluding hydrogens is 656 g/mol. The number of carbonyl (C=O) groups is 2. The van der Waals surface area contributed by atoms with Crippen LogP contribution in [0.25, 0.3) is 0 Å². The number of nitrogens with one attached hydrogen (secondary N) is 2. The van der Waals surface area contributed by atoms with Gasteiger partial charge in [-0.25, -0.2) is 9.59 Å². The maximum absolute atomic E-state index is 12.8. The van der Waals surface area contributed by atoms with Crippen molar-refractivity contribution in [2.45, 2.75) is 57.6 Å². The number of benzene rings is 4. The first-order valence-electron chi connectivity index (χ1n) is 18.1. The fourth-order valence-electron chi connectivity index (χ4n) is 6.92. The normalized spacial score (nSPS) is 21.6. The first-order chi connectivity index (χ1) is 25.4. The first-order valence-corrected chi connectivity index (χ1v) is 18.1. The first kappa shape index (κ1) is 37.2. The van der Waals surface area contributed by atoms with E-state index in [-0.39, 0.29) is 31.3 Å². The molecule has 2 fully saturated rings. The van der Waals surface area contributed by atoms with Crippen LogP contribution in [0.15, 0.2) is 109 Å². The van der Waals surface area contributed by atoms with Crippen molar-refractivity contribution in [3.8, 4) is 0 Å². The average molecular weight is 707 g/mol. The second-order valence-electron chi connectivity index (χ2n) is 13.7. The maximum Gasteiger partial charge on any atom is 0.328 e. The van der Waals surface area contributed by atoms with Crippen LogP contribution < -0.4 is 10.6 Å². The topological polar surface area (TPSA) is 113 Å². The molecule has 4 aromatic carbocycles. The predicted molar refractivity (Wildman–Crippen MR) is 199 cm³/mol. The molecule has 2 aliphatic rings. The molecule has 274 valence electrons. The minimum Gasteiger partial charge on any atom is -0.467 e. The molecule has 6 rings (SSSR count). The molecule has 52 heavy (non-hydrogen) atoms. The van der Waals surface area contributed by atoms with Crippen LogP contribution >= 0.6 is 0 Å². The number of hydrogen-bond donors (Lipinski definition) is 3. The van der Waals surface area contributed by atoms with Gasteiger partial charge in [0.25, 0.3) is 0 Å². The van der Waals surface area contributed by atoms with Crippen molar-refractivity contribution < 1.29 is 28.9 Å². The minimum atomic E-state index is -0.809. The summed E-state index contributed by atoms with van der Waals surface area (Å²) in [5, 5.41) is 15.2. The molecular formula is C42H50N4O6. The monoisotopic (exact) mass is 706 g/mol. The van der Waals surface area contributed by atoms with Gasteiger partial charge in [0, 0.05) is 63.7 Å². The summed E-state index contributed by atoms with van der Waals surface area (Å²) in [7, 11) is 1.31. The zero-order valence-electron chi connectivity index (χ0n) is 30.0. The SMILES string of the molecule is COC(=O)[C@H](Cc1ccccc1)NC(=O)NCc1ccc([C@@H]2O[C@H](CN3CCN(Cc4ccccc4)CC3)[C@H](C)[C@H](c3ccc(CO)cc3)O2)cc1. The van der Waals surface area contributed by atoms with Crippen LogP contribution in [-0.2, 0) is 45.1 Å². The Labute approximate surface area is 306 Å². The van der Waals surface area contributed by atoms with Crippen LogP contribution in [0.2, 0.25) is 0 Å². The molecule has 0 aliphatic carbocycles. The van der Waals surface area contributed by atoms with Gasteiger partial charge in [0.2, 0.25) is 0 Å². The molecule has 2 heterocycles. The molecule has 5 atom stereocenters. The van der Waals surface area contributed by atoms with E-state index in [1.54, 1.807) is 0 Å². The molecule has 10 nitrogen and oxygen atoms in total. The van der Waals surface area contributed by atoms with Gasteiger partial charge in [-0.05, 0) is 27.8 Å². The van der Waals surface area contributed by atoms with Gasteiger partial charge in [-0.3, -0.25) is 9.80 Å². The molecule has 2 aliphatic heterocycles. The number of aliphatic hydroxyl groups is 1. The zero-order chi connectivity index (χ0) is 36.3. The van der Waals surface area contributed by atoms with Gasteiger partial charge in [-0.15, -0.1) is 0 Å². The number of ether oxygens (including phenoxy) is 3. The van der Waals surface area contributed by atoms with Gasteiger partial charge >= 0.3 is 12.0 Å². The van der Waals surface area contributed by atoms with Gasteiger partial charge in [0.15, 0.2) is 6.29 Å². The van der Waals surface area contributed by atoms with Crippen molar-refractivity contribution in [3.05, 3.63) is 143 Å². The van der Waals surface area contributed by atoms with Gasteiger partial charge in [0.05, 0.1) is 25.9 Å². The summed E-state index contributed by atoms with van der Waals surface area (Å²) in [4.78, 5) is 30.2. The molecule has 2 saturated heterocycles. The maximum atomic E-state index is 12.8. The van der Waals surface area contributed by atoms with E-state index in [0.717, 1.165) is 67.1 Å². The Morgan fingerprint density at radius 2 is 1.37 bits per heavy atom. The van der Waals surface area contributed by atoms with E-state index < -0.39 is 24.3 Å². The van der Waals surface area contributed by atoms with Crippen LogP contribution in [0, 0.1) is 5.92 Å². The molecule has 0 radical (unpaired) electrons. The molecule has 0 unspecified atom stereocenters. The standard InChI is InChI=1S/C42H50N4O6/c1-30-38(28-46-23-21-45(22-24-46)27-33-11-7-4-8-12-33)51-41(52-39(30)35-17-15-34(29-47)16-18-35)36-19-13-32(14-20-36)26-43-42(49)44-37(40(48)50-2)25-31-9-5-3-6-10-31/h3-20,30,37-39,41,47H,21-29H2,1-2H3,(H2,43,44,49)/t30-,37-,38+,39+,41+/m0/s1. The molecule has 2 amide bonds. The zero-order valence-corrected chi connectivity index (χ0v) is 30.0. The number of nitrogens with zero attached hydrogens (tertiary/aromatic N) is 2. The summed E-state index contributed by atoms with van der Waals surface area (Å²) in [5.74, 6) is -0.410. The van der Waals surface area contributed by atoms with Crippen LogP contribution in [0.5, 0.6) is 0 Å². The highest BCUT2D eigenvalue weighted by Gasteiger charge is 2.39. The number of aliphatic hydroxyl groups excluding tert-OH is 1. The van der Waals surface area contributed by atoms with E-state index in [0.29, 0.717) is 6.42 Å².